The molecule has 0 atom stereocenters. The summed E-state index contributed by atoms with van der Waals surface area (Å²) in [5.41, 5.74) is 0.844. The van der Waals surface area contributed by atoms with Crippen LogP contribution in [0.4, 0.5) is 4.39 Å². The van der Waals surface area contributed by atoms with Gasteiger partial charge in [0.25, 0.3) is 0 Å². The third kappa shape index (κ3) is 4.40. The van der Waals surface area contributed by atoms with E-state index in [0.717, 1.165) is 31.5 Å². The molecule has 0 fully saturated rings. The predicted octanol–water partition coefficient (Wildman–Crippen LogP) is 1.13. The molecule has 18 heavy (non-hydrogen) atoms. The summed E-state index contributed by atoms with van der Waals surface area (Å²) in [6.45, 7) is 6.86. The molecule has 1 aromatic rings. The van der Waals surface area contributed by atoms with Gasteiger partial charge in [-0.2, -0.15) is 0 Å². The lowest BCUT2D eigenvalue weighted by Gasteiger charge is -2.20. The van der Waals surface area contributed by atoms with Crippen molar-refractivity contribution >= 4 is 12.6 Å². The van der Waals surface area contributed by atoms with Crippen molar-refractivity contribution in [3.63, 3.8) is 0 Å². The summed E-state index contributed by atoms with van der Waals surface area (Å²) in [5, 5.41) is 18.1. The van der Waals surface area contributed by atoms with Crippen LogP contribution in [0.25, 0.3) is 0 Å². The van der Waals surface area contributed by atoms with Crippen LogP contribution in [0.3, 0.4) is 0 Å². The molecule has 0 aliphatic heterocycles. The fourth-order valence-electron chi connectivity index (χ4n) is 1.88. The van der Waals surface area contributed by atoms with Crippen LogP contribution in [-0.2, 0) is 6.54 Å². The van der Waals surface area contributed by atoms with Crippen LogP contribution in [0.15, 0.2) is 18.2 Å². The molecule has 0 spiro atoms. The minimum Gasteiger partial charge on any atom is -0.423 e. The first kappa shape index (κ1) is 15.2. The highest BCUT2D eigenvalue weighted by Crippen LogP contribution is 2.07. The number of hydrogen-bond donors (Lipinski definition) is 2. The highest BCUT2D eigenvalue weighted by molar-refractivity contribution is 6.58. The Morgan fingerprint density at radius 1 is 1.28 bits per heavy atom. The molecule has 0 aromatic heterocycles. The Bertz CT molecular complexity index is 374. The molecule has 0 aliphatic rings. The van der Waals surface area contributed by atoms with Crippen molar-refractivity contribution in [2.45, 2.75) is 33.2 Å². The van der Waals surface area contributed by atoms with Crippen molar-refractivity contribution in [1.29, 1.82) is 0 Å². The van der Waals surface area contributed by atoms with E-state index in [-0.39, 0.29) is 5.46 Å². The summed E-state index contributed by atoms with van der Waals surface area (Å²) < 4.78 is 13.3. The van der Waals surface area contributed by atoms with Crippen molar-refractivity contribution in [2.75, 3.05) is 13.1 Å². The van der Waals surface area contributed by atoms with Gasteiger partial charge in [0.2, 0.25) is 0 Å². The van der Waals surface area contributed by atoms with E-state index in [0.29, 0.717) is 6.54 Å². The van der Waals surface area contributed by atoms with E-state index in [9.17, 15) is 4.39 Å². The van der Waals surface area contributed by atoms with Gasteiger partial charge < -0.3 is 10.0 Å². The number of hydrogen-bond acceptors (Lipinski definition) is 3. The van der Waals surface area contributed by atoms with E-state index in [1.807, 2.05) is 0 Å². The monoisotopic (exact) mass is 253 g/mol. The first-order valence-electron chi connectivity index (χ1n) is 6.45. The molecule has 0 saturated carbocycles. The molecule has 100 valence electrons. The maximum absolute atomic E-state index is 13.3. The minimum atomic E-state index is -1.75. The predicted molar refractivity (Wildman–Crippen MR) is 72.1 cm³/mol. The third-order valence-electron chi connectivity index (χ3n) is 3.02. The lowest BCUT2D eigenvalue weighted by Crippen LogP contribution is -2.33. The molecule has 0 unspecified atom stereocenters. The molecule has 3 nitrogen and oxygen atoms in total. The quantitative estimate of drug-likeness (QED) is 0.716. The Balaban J connectivity index is 2.74. The summed E-state index contributed by atoms with van der Waals surface area (Å²) >= 11 is 0. The van der Waals surface area contributed by atoms with Crippen LogP contribution < -0.4 is 5.46 Å². The Hall–Kier alpha value is -0.905. The van der Waals surface area contributed by atoms with Gasteiger partial charge >= 0.3 is 7.12 Å². The first-order valence-corrected chi connectivity index (χ1v) is 6.45. The topological polar surface area (TPSA) is 43.7 Å². The van der Waals surface area contributed by atoms with Gasteiger partial charge in [-0.3, -0.25) is 4.90 Å². The van der Waals surface area contributed by atoms with Crippen LogP contribution in [0.5, 0.6) is 0 Å². The van der Waals surface area contributed by atoms with Gasteiger partial charge in [-0.1, -0.05) is 32.4 Å². The summed E-state index contributed by atoms with van der Waals surface area (Å²) in [6, 6.07) is 4.50. The summed E-state index contributed by atoms with van der Waals surface area (Å²) in [7, 11) is -1.75. The zero-order valence-electron chi connectivity index (χ0n) is 11.1. The van der Waals surface area contributed by atoms with Gasteiger partial charge in [0.15, 0.2) is 0 Å². The van der Waals surface area contributed by atoms with Gasteiger partial charge in [-0.15, -0.1) is 0 Å². The second kappa shape index (κ2) is 7.51. The number of unbranched alkanes of at least 4 members (excludes halogenated alkanes) is 1. The van der Waals surface area contributed by atoms with Crippen LogP contribution in [0, 0.1) is 5.82 Å². The van der Waals surface area contributed by atoms with Crippen LogP contribution in [0.2, 0.25) is 0 Å². The standard InChI is InChI=1S/C13H21BFNO2/c1-3-5-8-16(4-2)10-11-6-7-13(15)12(9-11)14(17)18/h6-7,9,17-18H,3-5,8,10H2,1-2H3. The zero-order chi connectivity index (χ0) is 13.5. The van der Waals surface area contributed by atoms with Crippen molar-refractivity contribution in [3.05, 3.63) is 29.6 Å². The van der Waals surface area contributed by atoms with Crippen LogP contribution in [0.1, 0.15) is 32.3 Å². The summed E-state index contributed by atoms with van der Waals surface area (Å²) in [5.74, 6) is -0.578. The fourth-order valence-corrected chi connectivity index (χ4v) is 1.88. The molecule has 0 amide bonds. The van der Waals surface area contributed by atoms with E-state index in [1.165, 1.54) is 12.1 Å². The summed E-state index contributed by atoms with van der Waals surface area (Å²) in [6.07, 6.45) is 2.27. The fraction of sp³-hybridized carbons (Fsp3) is 0.538. The second-order valence-corrected chi connectivity index (χ2v) is 4.45. The van der Waals surface area contributed by atoms with Crippen molar-refractivity contribution in [3.8, 4) is 0 Å². The van der Waals surface area contributed by atoms with Crippen molar-refractivity contribution in [2.24, 2.45) is 0 Å². The van der Waals surface area contributed by atoms with Crippen LogP contribution in [-0.4, -0.2) is 35.2 Å². The average molecular weight is 253 g/mol. The Labute approximate surface area is 108 Å². The number of rotatable bonds is 7. The van der Waals surface area contributed by atoms with Crippen molar-refractivity contribution in [1.82, 2.24) is 4.90 Å². The lowest BCUT2D eigenvalue weighted by molar-refractivity contribution is 0.275. The Kier molecular flexibility index (Phi) is 6.32. The van der Waals surface area contributed by atoms with Crippen molar-refractivity contribution < 1.29 is 14.4 Å². The summed E-state index contributed by atoms with van der Waals surface area (Å²) in [4.78, 5) is 2.25. The second-order valence-electron chi connectivity index (χ2n) is 4.45. The average Bonchev–Trinajstić information content (AvgIpc) is 2.36. The molecular formula is C13H21BFNO2. The Morgan fingerprint density at radius 3 is 2.56 bits per heavy atom. The van der Waals surface area contributed by atoms with E-state index < -0.39 is 12.9 Å². The maximum Gasteiger partial charge on any atom is 0.491 e. The molecule has 1 rings (SSSR count). The smallest absolute Gasteiger partial charge is 0.423 e. The molecule has 1 aromatic carbocycles. The zero-order valence-corrected chi connectivity index (χ0v) is 11.1. The van der Waals surface area contributed by atoms with Crippen LogP contribution >= 0.6 is 0 Å². The minimum absolute atomic E-state index is 0.0564. The molecular weight excluding hydrogens is 232 g/mol. The number of halogens is 1. The van der Waals surface area contributed by atoms with Gasteiger partial charge in [0, 0.05) is 12.0 Å². The van der Waals surface area contributed by atoms with Gasteiger partial charge in [-0.25, -0.2) is 4.39 Å². The van der Waals surface area contributed by atoms with Gasteiger partial charge in [0.1, 0.15) is 5.82 Å². The first-order chi connectivity index (χ1) is 8.58. The molecule has 5 heteroatoms. The lowest BCUT2D eigenvalue weighted by atomic mass is 9.79. The Morgan fingerprint density at radius 2 is 2.00 bits per heavy atom. The normalized spacial score (nSPS) is 11.0. The largest absolute Gasteiger partial charge is 0.491 e. The van der Waals surface area contributed by atoms with E-state index in [2.05, 4.69) is 18.7 Å². The van der Waals surface area contributed by atoms with E-state index in [1.54, 1.807) is 6.07 Å². The highest BCUT2D eigenvalue weighted by atomic mass is 19.1. The molecule has 0 bridgehead atoms. The van der Waals surface area contributed by atoms with Gasteiger partial charge in [-0.05, 0) is 31.1 Å². The SMILES string of the molecule is CCCCN(CC)Cc1ccc(F)c(B(O)O)c1. The number of nitrogens with zero attached hydrogens (tertiary/aromatic N) is 1. The maximum atomic E-state index is 13.3. The highest BCUT2D eigenvalue weighted by Gasteiger charge is 2.17. The molecule has 0 heterocycles. The van der Waals surface area contributed by atoms with Gasteiger partial charge in [0.05, 0.1) is 0 Å². The van der Waals surface area contributed by atoms with E-state index in [4.69, 9.17) is 10.0 Å². The molecule has 0 saturated heterocycles. The number of benzene rings is 1. The molecule has 2 N–H and O–H groups in total. The molecule has 0 radical (unpaired) electrons. The van der Waals surface area contributed by atoms with E-state index >= 15 is 0 Å². The third-order valence-corrected chi connectivity index (χ3v) is 3.02. The molecule has 0 aliphatic carbocycles.